The SMILES string of the molecule is CC(CCO)C(C)C(C(=O)O)C(C)C(CCO)C(C)C(C(=O)O)C(C)C(CCO)C(C)C(C)C(=O)O. The number of aliphatic hydroxyl groups excluding tert-OH is 3. The maximum Gasteiger partial charge on any atom is 0.307 e. The molecule has 0 bridgehead atoms. The van der Waals surface area contributed by atoms with Crippen molar-refractivity contribution < 1.29 is 45.0 Å². The summed E-state index contributed by atoms with van der Waals surface area (Å²) in [4.78, 5) is 36.6. The highest BCUT2D eigenvalue weighted by atomic mass is 16.4. The van der Waals surface area contributed by atoms with Crippen LogP contribution in [0.15, 0.2) is 0 Å². The minimum absolute atomic E-state index is 0.0551. The predicted octanol–water partition coefficient (Wildman–Crippen LogP) is 3.30. The summed E-state index contributed by atoms with van der Waals surface area (Å²) in [5.41, 5.74) is 0. The lowest BCUT2D eigenvalue weighted by Crippen LogP contribution is -2.44. The molecule has 0 aliphatic carbocycles. The molecule has 0 aromatic heterocycles. The van der Waals surface area contributed by atoms with Crippen LogP contribution in [0.5, 0.6) is 0 Å². The number of hydrogen-bond donors (Lipinski definition) is 6. The Morgan fingerprint density at radius 1 is 0.500 bits per heavy atom. The highest BCUT2D eigenvalue weighted by Gasteiger charge is 2.45. The van der Waals surface area contributed by atoms with Gasteiger partial charge >= 0.3 is 17.9 Å². The molecule has 212 valence electrons. The molecule has 11 atom stereocenters. The molecule has 9 heteroatoms. The van der Waals surface area contributed by atoms with Gasteiger partial charge in [0.15, 0.2) is 0 Å². The summed E-state index contributed by atoms with van der Waals surface area (Å²) in [7, 11) is 0. The molecule has 9 nitrogen and oxygen atoms in total. The fraction of sp³-hybridized carbons (Fsp3) is 0.889. The van der Waals surface area contributed by atoms with Crippen LogP contribution in [0, 0.1) is 65.1 Å². The molecule has 0 aliphatic rings. The first kappa shape index (κ1) is 34.3. The fourth-order valence-electron chi connectivity index (χ4n) is 6.38. The minimum atomic E-state index is -1.06. The first-order valence-corrected chi connectivity index (χ1v) is 13.2. The van der Waals surface area contributed by atoms with Crippen molar-refractivity contribution in [3.8, 4) is 0 Å². The van der Waals surface area contributed by atoms with E-state index in [-0.39, 0.29) is 50.4 Å². The Morgan fingerprint density at radius 3 is 1.14 bits per heavy atom. The number of rotatable bonds is 19. The maximum atomic E-state index is 12.6. The van der Waals surface area contributed by atoms with E-state index in [1.54, 1.807) is 34.6 Å². The van der Waals surface area contributed by atoms with Crippen LogP contribution in [0.4, 0.5) is 0 Å². The highest BCUT2D eigenvalue weighted by molar-refractivity contribution is 5.72. The Balaban J connectivity index is 6.33. The van der Waals surface area contributed by atoms with Crippen LogP contribution in [0.25, 0.3) is 0 Å². The van der Waals surface area contributed by atoms with Gasteiger partial charge in [-0.15, -0.1) is 0 Å². The Bertz CT molecular complexity index is 682. The summed E-state index contributed by atoms with van der Waals surface area (Å²) in [5.74, 6) is -8.50. The molecule has 0 heterocycles. The van der Waals surface area contributed by atoms with Gasteiger partial charge in [-0.3, -0.25) is 14.4 Å². The van der Waals surface area contributed by atoms with Gasteiger partial charge in [-0.05, 0) is 66.6 Å². The van der Waals surface area contributed by atoms with Crippen LogP contribution in [-0.4, -0.2) is 68.4 Å². The summed E-state index contributed by atoms with van der Waals surface area (Å²) >= 11 is 0. The molecule has 0 spiro atoms. The molecule has 0 aromatic carbocycles. The average Bonchev–Trinajstić information content (AvgIpc) is 2.79. The van der Waals surface area contributed by atoms with Crippen LogP contribution in [0.1, 0.15) is 67.7 Å². The smallest absolute Gasteiger partial charge is 0.307 e. The number of aliphatic carboxylic acids is 3. The quantitative estimate of drug-likeness (QED) is 0.150. The molecule has 0 aliphatic heterocycles. The van der Waals surface area contributed by atoms with E-state index in [1.165, 1.54) is 0 Å². The Labute approximate surface area is 215 Å². The van der Waals surface area contributed by atoms with Crippen LogP contribution in [-0.2, 0) is 14.4 Å². The van der Waals surface area contributed by atoms with E-state index in [0.717, 1.165) is 0 Å². The van der Waals surface area contributed by atoms with Gasteiger partial charge in [-0.25, -0.2) is 0 Å². The zero-order valence-corrected chi connectivity index (χ0v) is 23.0. The third kappa shape index (κ3) is 8.99. The average molecular weight is 519 g/mol. The molecular formula is C27H50O9. The van der Waals surface area contributed by atoms with Crippen molar-refractivity contribution in [2.24, 2.45) is 65.1 Å². The lowest BCUT2D eigenvalue weighted by atomic mass is 9.61. The van der Waals surface area contributed by atoms with E-state index in [2.05, 4.69) is 0 Å². The summed E-state index contributed by atoms with van der Waals surface area (Å²) in [5, 5.41) is 58.7. The van der Waals surface area contributed by atoms with Gasteiger partial charge in [0.05, 0.1) is 17.8 Å². The standard InChI is InChI=1S/C27H50O9/c1-14(8-11-28)15(2)23(26(33)34)19(6)22(10-13-30)20(7)24(27(35)36)18(5)21(9-12-29)16(3)17(4)25(31)32/h14-24,28-30H,8-13H2,1-7H3,(H,31,32)(H,33,34)(H,35,36). The second-order valence-electron chi connectivity index (χ2n) is 11.0. The third-order valence-electron chi connectivity index (χ3n) is 9.12. The van der Waals surface area contributed by atoms with Crippen LogP contribution in [0.3, 0.4) is 0 Å². The largest absolute Gasteiger partial charge is 0.481 e. The molecular weight excluding hydrogens is 468 g/mol. The fourth-order valence-corrected chi connectivity index (χ4v) is 6.38. The van der Waals surface area contributed by atoms with Crippen LogP contribution < -0.4 is 0 Å². The van der Waals surface area contributed by atoms with Gasteiger partial charge in [0, 0.05) is 19.8 Å². The third-order valence-corrected chi connectivity index (χ3v) is 9.12. The normalized spacial score (nSPS) is 21.2. The summed E-state index contributed by atoms with van der Waals surface area (Å²) in [6.07, 6.45) is 0.939. The van der Waals surface area contributed by atoms with E-state index in [4.69, 9.17) is 0 Å². The van der Waals surface area contributed by atoms with E-state index in [1.807, 2.05) is 13.8 Å². The monoisotopic (exact) mass is 518 g/mol. The Hall–Kier alpha value is -1.71. The number of hydrogen-bond acceptors (Lipinski definition) is 6. The highest BCUT2D eigenvalue weighted by Crippen LogP contribution is 2.44. The number of carbonyl (C=O) groups is 3. The van der Waals surface area contributed by atoms with Crippen molar-refractivity contribution in [2.75, 3.05) is 19.8 Å². The topological polar surface area (TPSA) is 173 Å². The molecule has 0 rings (SSSR count). The number of aliphatic hydroxyl groups is 3. The minimum Gasteiger partial charge on any atom is -0.481 e. The number of carboxylic acids is 3. The first-order chi connectivity index (χ1) is 16.7. The second-order valence-corrected chi connectivity index (χ2v) is 11.0. The van der Waals surface area contributed by atoms with Gasteiger partial charge < -0.3 is 30.6 Å². The van der Waals surface area contributed by atoms with E-state index < -0.39 is 65.3 Å². The lowest BCUT2D eigenvalue weighted by molar-refractivity contribution is -0.151. The second kappa shape index (κ2) is 16.2. The predicted molar refractivity (Wildman–Crippen MR) is 136 cm³/mol. The summed E-state index contributed by atoms with van der Waals surface area (Å²) < 4.78 is 0. The van der Waals surface area contributed by atoms with Gasteiger partial charge in [0.1, 0.15) is 0 Å². The van der Waals surface area contributed by atoms with Crippen molar-refractivity contribution in [3.05, 3.63) is 0 Å². The van der Waals surface area contributed by atoms with Crippen LogP contribution in [0.2, 0.25) is 0 Å². The molecule has 0 saturated carbocycles. The van der Waals surface area contributed by atoms with Crippen molar-refractivity contribution >= 4 is 17.9 Å². The zero-order chi connectivity index (χ0) is 28.3. The lowest BCUT2D eigenvalue weighted by Gasteiger charge is -2.42. The van der Waals surface area contributed by atoms with Gasteiger partial charge in [-0.1, -0.05) is 48.5 Å². The summed E-state index contributed by atoms with van der Waals surface area (Å²) in [6.45, 7) is 11.9. The molecule has 11 unspecified atom stereocenters. The van der Waals surface area contributed by atoms with E-state index >= 15 is 0 Å². The van der Waals surface area contributed by atoms with E-state index in [0.29, 0.717) is 6.42 Å². The summed E-state index contributed by atoms with van der Waals surface area (Å²) in [6, 6.07) is 0. The van der Waals surface area contributed by atoms with Gasteiger partial charge in [0.2, 0.25) is 0 Å². The molecule has 0 aromatic rings. The molecule has 0 radical (unpaired) electrons. The molecule has 0 saturated heterocycles. The molecule has 0 amide bonds. The Kier molecular flexibility index (Phi) is 15.4. The van der Waals surface area contributed by atoms with Crippen LogP contribution >= 0.6 is 0 Å². The van der Waals surface area contributed by atoms with E-state index in [9.17, 15) is 45.0 Å². The van der Waals surface area contributed by atoms with Gasteiger partial charge in [0.25, 0.3) is 0 Å². The zero-order valence-electron chi connectivity index (χ0n) is 23.0. The molecule has 6 N–H and O–H groups in total. The molecule has 36 heavy (non-hydrogen) atoms. The van der Waals surface area contributed by atoms with Crippen molar-refractivity contribution in [1.29, 1.82) is 0 Å². The van der Waals surface area contributed by atoms with Crippen molar-refractivity contribution in [3.63, 3.8) is 0 Å². The van der Waals surface area contributed by atoms with Crippen molar-refractivity contribution in [2.45, 2.75) is 67.7 Å². The first-order valence-electron chi connectivity index (χ1n) is 13.2. The Morgan fingerprint density at radius 2 is 0.833 bits per heavy atom. The molecule has 0 fully saturated rings. The maximum absolute atomic E-state index is 12.6. The van der Waals surface area contributed by atoms with Gasteiger partial charge in [-0.2, -0.15) is 0 Å². The van der Waals surface area contributed by atoms with Crippen molar-refractivity contribution in [1.82, 2.24) is 0 Å². The number of carboxylic acid groups (broad SMARTS) is 3.